The normalized spacial score (nSPS) is 10.7. The van der Waals surface area contributed by atoms with Crippen LogP contribution in [0.25, 0.3) is 11.1 Å². The summed E-state index contributed by atoms with van der Waals surface area (Å²) in [7, 11) is 0. The van der Waals surface area contributed by atoms with Gasteiger partial charge in [0.25, 0.3) is 0 Å². The third-order valence-electron chi connectivity index (χ3n) is 8.67. The third kappa shape index (κ3) is 30.1. The van der Waals surface area contributed by atoms with Crippen LogP contribution < -0.4 is 0 Å². The molecule has 44 heavy (non-hydrogen) atoms. The molecule has 0 aliphatic heterocycles. The fraction of sp³-hybridized carbons (Fsp3) is 0.714. The molecule has 0 aromatic heterocycles. The molecule has 2 aromatic rings. The summed E-state index contributed by atoms with van der Waals surface area (Å²) in [5, 5.41) is 0. The van der Waals surface area contributed by atoms with E-state index in [4.69, 9.17) is 4.74 Å². The van der Waals surface area contributed by atoms with Crippen LogP contribution in [0, 0.1) is 0 Å². The molecule has 0 spiro atoms. The van der Waals surface area contributed by atoms with Gasteiger partial charge < -0.3 is 4.74 Å². The van der Waals surface area contributed by atoms with Gasteiger partial charge in [0.2, 0.25) is 0 Å². The number of rotatable bonds is 29. The van der Waals surface area contributed by atoms with Gasteiger partial charge in [-0.15, -0.1) is 0 Å². The van der Waals surface area contributed by atoms with Crippen molar-refractivity contribution < 1.29 is 4.74 Å². The largest absolute Gasteiger partial charge is 0.0622 e. The fourth-order valence-corrected chi connectivity index (χ4v) is 5.81. The molecule has 2 heteroatoms. The summed E-state index contributed by atoms with van der Waals surface area (Å²) < 4.78 is 5.83. The van der Waals surface area contributed by atoms with E-state index in [1.165, 1.54) is 178 Å². The first-order chi connectivity index (χ1) is 21.4. The van der Waals surface area contributed by atoms with Crippen molar-refractivity contribution in [1.82, 2.24) is 0 Å². The molecular formula is C42H73NaO. The van der Waals surface area contributed by atoms with Gasteiger partial charge in [0.1, 0.15) is 0 Å². The van der Waals surface area contributed by atoms with Crippen LogP contribution in [-0.4, -0.2) is 42.8 Å². The zero-order valence-electron chi connectivity index (χ0n) is 29.0. The summed E-state index contributed by atoms with van der Waals surface area (Å²) in [5.41, 5.74) is 2.55. The van der Waals surface area contributed by atoms with E-state index >= 15 is 0 Å². The first-order valence-electron chi connectivity index (χ1n) is 19.1. The van der Waals surface area contributed by atoms with Crippen LogP contribution in [0.4, 0.5) is 0 Å². The van der Waals surface area contributed by atoms with Gasteiger partial charge in [0.05, 0.1) is 0 Å². The van der Waals surface area contributed by atoms with Crippen LogP contribution >= 0.6 is 0 Å². The van der Waals surface area contributed by atoms with Crippen molar-refractivity contribution in [2.75, 3.05) is 13.2 Å². The van der Waals surface area contributed by atoms with Crippen molar-refractivity contribution in [3.63, 3.8) is 0 Å². The quantitative estimate of drug-likeness (QED) is 0.0652. The number of hydrogen-bond acceptors (Lipinski definition) is 1. The van der Waals surface area contributed by atoms with Gasteiger partial charge in [-0.3, -0.25) is 0 Å². The van der Waals surface area contributed by atoms with Crippen molar-refractivity contribution in [3.8, 4) is 11.1 Å². The Hall–Kier alpha value is -0.600. The molecule has 0 atom stereocenters. The first kappa shape index (κ1) is 43.4. The second-order valence-corrected chi connectivity index (χ2v) is 12.8. The molecule has 0 heterocycles. The van der Waals surface area contributed by atoms with Gasteiger partial charge >= 0.3 is 29.6 Å². The maximum atomic E-state index is 5.83. The minimum absolute atomic E-state index is 0. The predicted octanol–water partition coefficient (Wildman–Crippen LogP) is 13.9. The molecule has 1 nitrogen and oxygen atoms in total. The van der Waals surface area contributed by atoms with Crippen LogP contribution in [-0.2, 0) is 4.74 Å². The molecule has 0 saturated heterocycles. The Kier molecular flexibility index (Phi) is 36.4. The topological polar surface area (TPSA) is 9.23 Å². The van der Waals surface area contributed by atoms with E-state index in [0.29, 0.717) is 0 Å². The van der Waals surface area contributed by atoms with Crippen molar-refractivity contribution in [3.05, 3.63) is 60.7 Å². The Morgan fingerprint density at radius 3 is 0.795 bits per heavy atom. The van der Waals surface area contributed by atoms with E-state index in [-0.39, 0.29) is 29.6 Å². The monoisotopic (exact) mass is 617 g/mol. The van der Waals surface area contributed by atoms with Gasteiger partial charge in [-0.2, -0.15) is 0 Å². The van der Waals surface area contributed by atoms with Gasteiger partial charge in [-0.1, -0.05) is 229 Å². The Morgan fingerprint density at radius 1 is 0.318 bits per heavy atom. The van der Waals surface area contributed by atoms with Gasteiger partial charge in [0.15, 0.2) is 0 Å². The fourth-order valence-electron chi connectivity index (χ4n) is 5.81. The smallest absolute Gasteiger partial charge is 0.0184 e. The molecule has 0 radical (unpaired) electrons. The van der Waals surface area contributed by atoms with Crippen LogP contribution in [0.3, 0.4) is 0 Å². The van der Waals surface area contributed by atoms with E-state index in [1.54, 1.807) is 0 Å². The van der Waals surface area contributed by atoms with Crippen LogP contribution in [0.1, 0.15) is 181 Å². The second-order valence-electron chi connectivity index (χ2n) is 12.8. The van der Waals surface area contributed by atoms with Gasteiger partial charge in [-0.05, 0) is 24.0 Å². The van der Waals surface area contributed by atoms with Crippen molar-refractivity contribution in [2.45, 2.75) is 181 Å². The standard InChI is InChI=1S/C30H62O.C12H10.Na.H/c1-3-5-7-9-11-13-15-17-19-21-23-25-27-29-31-30-28-26-24-22-20-18-16-14-12-10-8-6-4-2;1-3-7-11(8-4-1)12-9-5-2-6-10-12;;/h3-30H2,1-2H3;1-10H;;. The first-order valence-corrected chi connectivity index (χ1v) is 19.1. The molecule has 2 aromatic carbocycles. The number of ether oxygens (including phenoxy) is 1. The Morgan fingerprint density at radius 2 is 0.545 bits per heavy atom. The summed E-state index contributed by atoms with van der Waals surface area (Å²) in [5.74, 6) is 0. The zero-order valence-corrected chi connectivity index (χ0v) is 29.0. The van der Waals surface area contributed by atoms with E-state index in [1.807, 2.05) is 12.1 Å². The van der Waals surface area contributed by atoms with E-state index in [2.05, 4.69) is 62.4 Å². The average molecular weight is 617 g/mol. The molecule has 0 unspecified atom stereocenters. The SMILES string of the molecule is CCCCCCCCCCCCCCCOCCCCCCCCCCCCCCC.[NaH].c1ccc(-c2ccccc2)cc1. The molecule has 0 N–H and O–H groups in total. The van der Waals surface area contributed by atoms with E-state index < -0.39 is 0 Å². The second kappa shape index (κ2) is 36.9. The van der Waals surface area contributed by atoms with Crippen LogP contribution in [0.5, 0.6) is 0 Å². The van der Waals surface area contributed by atoms with Crippen molar-refractivity contribution in [2.24, 2.45) is 0 Å². The molecule has 0 bridgehead atoms. The molecule has 0 amide bonds. The van der Waals surface area contributed by atoms with Crippen molar-refractivity contribution >= 4 is 29.6 Å². The van der Waals surface area contributed by atoms with E-state index in [0.717, 1.165) is 13.2 Å². The molecule has 248 valence electrons. The summed E-state index contributed by atoms with van der Waals surface area (Å²) in [4.78, 5) is 0. The maximum absolute atomic E-state index is 5.83. The summed E-state index contributed by atoms with van der Waals surface area (Å²) >= 11 is 0. The molecule has 0 fully saturated rings. The van der Waals surface area contributed by atoms with Gasteiger partial charge in [-0.25, -0.2) is 0 Å². The number of benzene rings is 2. The molecule has 0 aliphatic carbocycles. The minimum atomic E-state index is 0. The summed E-state index contributed by atoms with van der Waals surface area (Å²) in [6.07, 6.45) is 37.1. The number of hydrogen-bond donors (Lipinski definition) is 0. The zero-order chi connectivity index (χ0) is 30.7. The summed E-state index contributed by atoms with van der Waals surface area (Å²) in [6.45, 7) is 6.59. The van der Waals surface area contributed by atoms with Crippen LogP contribution in [0.2, 0.25) is 0 Å². The Bertz CT molecular complexity index is 696. The molecular weight excluding hydrogens is 543 g/mol. The Labute approximate surface area is 298 Å². The number of unbranched alkanes of at least 4 members (excludes halogenated alkanes) is 24. The van der Waals surface area contributed by atoms with Gasteiger partial charge in [0, 0.05) is 13.2 Å². The molecule has 2 rings (SSSR count). The predicted molar refractivity (Wildman–Crippen MR) is 201 cm³/mol. The minimum Gasteiger partial charge on any atom is -0.0622 e. The summed E-state index contributed by atoms with van der Waals surface area (Å²) in [6, 6.07) is 20.8. The third-order valence-corrected chi connectivity index (χ3v) is 8.67. The van der Waals surface area contributed by atoms with Crippen molar-refractivity contribution in [1.29, 1.82) is 0 Å². The molecule has 0 saturated carbocycles. The van der Waals surface area contributed by atoms with Crippen LogP contribution in [0.15, 0.2) is 60.7 Å². The van der Waals surface area contributed by atoms with E-state index in [9.17, 15) is 0 Å². The maximum Gasteiger partial charge on any atom is -0.0184 e. The Balaban J connectivity index is 0.00000117. The average Bonchev–Trinajstić information content (AvgIpc) is 3.05. The molecule has 0 aliphatic rings.